The largest absolute Gasteiger partial charge is 0.481 e. The first kappa shape index (κ1) is 48.6. The van der Waals surface area contributed by atoms with E-state index in [0.717, 1.165) is 0 Å². The molecule has 4 atom stereocenters. The standard InChI is InChI=1S/C32H54N8O14/c33-15-3-1-5-19(39-31(53)21(7-11-25(43)44)37-23(41)9-13-27(47)48)29(51)35-17-18-36-30(52)20(6-2-4-16-34)40-32(54)22(8-12-26(45)46)38-24(42)10-14-28(49)50/h19-22H,1-18,33-34H2,(H,35,51)(H,36,52)(H,37,41)(H,38,42)(H,39,53)(H,40,54)(H,43,44)(H,45,46)(H,47,48)(H,49,50)/t19-,20-,21-,22-/m0/s1. The Hall–Kier alpha value is -5.38. The van der Waals surface area contributed by atoms with Crippen molar-refractivity contribution in [2.24, 2.45) is 11.5 Å². The van der Waals surface area contributed by atoms with Gasteiger partial charge in [-0.05, 0) is 64.5 Å². The Morgan fingerprint density at radius 3 is 1.00 bits per heavy atom. The van der Waals surface area contributed by atoms with Crippen LogP contribution in [0.4, 0.5) is 0 Å². The molecule has 0 aromatic heterocycles. The Kier molecular flexibility index (Phi) is 25.4. The number of carboxylic acids is 4. The number of unbranched alkanes of at least 4 members (excludes halogenated alkanes) is 2. The van der Waals surface area contributed by atoms with Crippen LogP contribution in [0.2, 0.25) is 0 Å². The molecule has 306 valence electrons. The van der Waals surface area contributed by atoms with Crippen molar-refractivity contribution in [3.8, 4) is 0 Å². The number of hydrogen-bond donors (Lipinski definition) is 12. The highest BCUT2D eigenvalue weighted by Crippen LogP contribution is 2.07. The van der Waals surface area contributed by atoms with Crippen molar-refractivity contribution in [3.05, 3.63) is 0 Å². The van der Waals surface area contributed by atoms with Crippen molar-refractivity contribution >= 4 is 59.3 Å². The number of amides is 6. The van der Waals surface area contributed by atoms with Crippen LogP contribution in [0.15, 0.2) is 0 Å². The zero-order chi connectivity index (χ0) is 41.1. The average molecular weight is 775 g/mol. The summed E-state index contributed by atoms with van der Waals surface area (Å²) in [5.74, 6) is -9.77. The Labute approximate surface area is 311 Å². The molecule has 14 N–H and O–H groups in total. The number of carbonyl (C=O) groups excluding carboxylic acids is 6. The lowest BCUT2D eigenvalue weighted by atomic mass is 10.1. The first-order valence-corrected chi connectivity index (χ1v) is 17.5. The maximum atomic E-state index is 13.1. The Balaban J connectivity index is 5.60. The fourth-order valence-corrected chi connectivity index (χ4v) is 4.73. The molecule has 0 saturated carbocycles. The van der Waals surface area contributed by atoms with Gasteiger partial charge in [0.2, 0.25) is 35.4 Å². The predicted octanol–water partition coefficient (Wildman–Crippen LogP) is -3.12. The van der Waals surface area contributed by atoms with Crippen molar-refractivity contribution in [1.29, 1.82) is 0 Å². The van der Waals surface area contributed by atoms with E-state index in [1.807, 2.05) is 0 Å². The maximum Gasteiger partial charge on any atom is 0.303 e. The van der Waals surface area contributed by atoms with Crippen LogP contribution in [0.25, 0.3) is 0 Å². The molecule has 0 radical (unpaired) electrons. The molecule has 0 saturated heterocycles. The summed E-state index contributed by atoms with van der Waals surface area (Å²) in [6.07, 6.45) is -1.72. The molecule has 0 heterocycles. The van der Waals surface area contributed by atoms with Gasteiger partial charge in [-0.3, -0.25) is 47.9 Å². The fraction of sp³-hybridized carbons (Fsp3) is 0.688. The third-order valence-corrected chi connectivity index (χ3v) is 7.61. The van der Waals surface area contributed by atoms with E-state index < -0.39 is 122 Å². The molecule has 54 heavy (non-hydrogen) atoms. The number of nitrogens with one attached hydrogen (secondary N) is 6. The molecule has 0 unspecified atom stereocenters. The summed E-state index contributed by atoms with van der Waals surface area (Å²) in [7, 11) is 0. The number of carboxylic acid groups (broad SMARTS) is 4. The molecule has 0 fully saturated rings. The fourth-order valence-electron chi connectivity index (χ4n) is 4.73. The van der Waals surface area contributed by atoms with Crippen LogP contribution in [0.3, 0.4) is 0 Å². The quantitative estimate of drug-likeness (QED) is 0.0310. The van der Waals surface area contributed by atoms with Gasteiger partial charge in [0, 0.05) is 38.8 Å². The number of carbonyl (C=O) groups is 10. The van der Waals surface area contributed by atoms with Crippen LogP contribution in [-0.4, -0.2) is 130 Å². The van der Waals surface area contributed by atoms with Gasteiger partial charge in [0.25, 0.3) is 0 Å². The molecule has 22 heteroatoms. The number of rotatable bonds is 31. The van der Waals surface area contributed by atoms with Gasteiger partial charge in [0.1, 0.15) is 24.2 Å². The monoisotopic (exact) mass is 774 g/mol. The van der Waals surface area contributed by atoms with Gasteiger partial charge in [0.05, 0.1) is 12.8 Å². The van der Waals surface area contributed by atoms with Crippen molar-refractivity contribution in [1.82, 2.24) is 31.9 Å². The van der Waals surface area contributed by atoms with Crippen LogP contribution in [0.5, 0.6) is 0 Å². The highest BCUT2D eigenvalue weighted by Gasteiger charge is 2.29. The topological polar surface area (TPSA) is 376 Å². The van der Waals surface area contributed by atoms with Gasteiger partial charge in [-0.15, -0.1) is 0 Å². The third-order valence-electron chi connectivity index (χ3n) is 7.61. The van der Waals surface area contributed by atoms with E-state index in [1.165, 1.54) is 0 Å². The first-order valence-electron chi connectivity index (χ1n) is 17.5. The number of nitrogens with two attached hydrogens (primary N) is 2. The lowest BCUT2D eigenvalue weighted by Crippen LogP contribution is -2.55. The van der Waals surface area contributed by atoms with Gasteiger partial charge in [-0.2, -0.15) is 0 Å². The van der Waals surface area contributed by atoms with E-state index in [1.54, 1.807) is 0 Å². The highest BCUT2D eigenvalue weighted by molar-refractivity contribution is 5.94. The molecular formula is C32H54N8O14. The van der Waals surface area contributed by atoms with Crippen molar-refractivity contribution in [2.75, 3.05) is 26.2 Å². The van der Waals surface area contributed by atoms with Crippen LogP contribution in [-0.2, 0) is 47.9 Å². The molecule has 0 aromatic carbocycles. The van der Waals surface area contributed by atoms with E-state index >= 15 is 0 Å². The summed E-state index contributed by atoms with van der Waals surface area (Å²) < 4.78 is 0. The number of hydrogen-bond acceptors (Lipinski definition) is 12. The summed E-state index contributed by atoms with van der Waals surface area (Å²) in [5, 5.41) is 50.5. The smallest absolute Gasteiger partial charge is 0.303 e. The Morgan fingerprint density at radius 1 is 0.389 bits per heavy atom. The van der Waals surface area contributed by atoms with E-state index in [0.29, 0.717) is 25.7 Å². The molecular weight excluding hydrogens is 720 g/mol. The second-order valence-corrected chi connectivity index (χ2v) is 12.2. The summed E-state index contributed by atoms with van der Waals surface area (Å²) in [6.45, 7) is 0.254. The average Bonchev–Trinajstić information content (AvgIpc) is 3.10. The van der Waals surface area contributed by atoms with Crippen LogP contribution in [0, 0.1) is 0 Å². The van der Waals surface area contributed by atoms with Gasteiger partial charge in [-0.1, -0.05) is 0 Å². The summed E-state index contributed by atoms with van der Waals surface area (Å²) >= 11 is 0. The van der Waals surface area contributed by atoms with Crippen molar-refractivity contribution in [3.63, 3.8) is 0 Å². The molecule has 0 aromatic rings. The Bertz CT molecular complexity index is 1200. The zero-order valence-electron chi connectivity index (χ0n) is 30.1. The summed E-state index contributed by atoms with van der Waals surface area (Å²) in [5.41, 5.74) is 11.1. The molecule has 0 spiro atoms. The van der Waals surface area contributed by atoms with E-state index in [9.17, 15) is 47.9 Å². The lowest BCUT2D eigenvalue weighted by Gasteiger charge is -2.24. The molecule has 0 bridgehead atoms. The van der Waals surface area contributed by atoms with Crippen molar-refractivity contribution in [2.45, 2.75) is 114 Å². The first-order chi connectivity index (χ1) is 25.5. The third kappa shape index (κ3) is 24.0. The molecule has 0 aliphatic carbocycles. The predicted molar refractivity (Wildman–Crippen MR) is 187 cm³/mol. The minimum atomic E-state index is -1.39. The van der Waals surface area contributed by atoms with Crippen molar-refractivity contribution < 1.29 is 68.4 Å². The van der Waals surface area contributed by atoms with Crippen LogP contribution >= 0.6 is 0 Å². The summed E-state index contributed by atoms with van der Waals surface area (Å²) in [4.78, 5) is 121. The van der Waals surface area contributed by atoms with Crippen LogP contribution < -0.4 is 43.4 Å². The summed E-state index contributed by atoms with van der Waals surface area (Å²) in [6, 6.07) is -5.11. The number of aliphatic carboxylic acids is 4. The second kappa shape index (κ2) is 28.2. The normalized spacial score (nSPS) is 12.9. The highest BCUT2D eigenvalue weighted by atomic mass is 16.4. The van der Waals surface area contributed by atoms with E-state index in [-0.39, 0.29) is 51.9 Å². The minimum Gasteiger partial charge on any atom is -0.481 e. The van der Waals surface area contributed by atoms with E-state index in [4.69, 9.17) is 31.9 Å². The van der Waals surface area contributed by atoms with Gasteiger partial charge >= 0.3 is 23.9 Å². The second-order valence-electron chi connectivity index (χ2n) is 12.2. The van der Waals surface area contributed by atoms with E-state index in [2.05, 4.69) is 31.9 Å². The minimum absolute atomic E-state index is 0.102. The molecule has 0 aliphatic rings. The molecule has 22 nitrogen and oxygen atoms in total. The molecule has 6 amide bonds. The zero-order valence-corrected chi connectivity index (χ0v) is 30.1. The lowest BCUT2D eigenvalue weighted by molar-refractivity contribution is -0.140. The molecule has 0 aliphatic heterocycles. The maximum absolute atomic E-state index is 13.1. The van der Waals surface area contributed by atoms with Crippen LogP contribution in [0.1, 0.15) is 89.9 Å². The van der Waals surface area contributed by atoms with Gasteiger partial charge in [0.15, 0.2) is 0 Å². The van der Waals surface area contributed by atoms with Gasteiger partial charge in [-0.25, -0.2) is 0 Å². The molecule has 0 rings (SSSR count). The van der Waals surface area contributed by atoms with Gasteiger partial charge < -0.3 is 63.8 Å². The SMILES string of the molecule is NCCCC[C@H](NC(=O)[C@H](CCC(=O)O)NC(=O)CCC(=O)O)C(=O)NCCNC(=O)[C@H](CCCCN)NC(=O)[C@H](CCC(=O)O)NC(=O)CCC(=O)O. The Morgan fingerprint density at radius 2 is 0.704 bits per heavy atom.